The predicted octanol–water partition coefficient (Wildman–Crippen LogP) is 3.63. The minimum absolute atomic E-state index is 0.279. The van der Waals surface area contributed by atoms with Crippen LogP contribution < -0.4 is 0 Å². The topological polar surface area (TPSA) is 37.3 Å². The maximum absolute atomic E-state index is 10.1. The summed E-state index contributed by atoms with van der Waals surface area (Å²) in [4.78, 5) is 10.1. The van der Waals surface area contributed by atoms with Crippen LogP contribution in [0.2, 0.25) is 0 Å². The number of hydrogen-bond acceptors (Lipinski definition) is 2. The highest BCUT2D eigenvalue weighted by Gasteiger charge is 2.00. The maximum Gasteiger partial charge on any atom is 0.122 e. The van der Waals surface area contributed by atoms with Crippen LogP contribution in [0.15, 0.2) is 12.2 Å². The molecule has 2 nitrogen and oxygen atoms in total. The van der Waals surface area contributed by atoms with Gasteiger partial charge in [-0.2, -0.15) is 0 Å². The second kappa shape index (κ2) is 12.4. The lowest BCUT2D eigenvalue weighted by Crippen LogP contribution is -2.05. The van der Waals surface area contributed by atoms with Gasteiger partial charge in [0.25, 0.3) is 0 Å². The normalized spacial score (nSPS) is 13.1. The number of aliphatic hydroxyl groups excluding tert-OH is 1. The Kier molecular flexibility index (Phi) is 11.9. The third kappa shape index (κ3) is 11.4. The largest absolute Gasteiger partial charge is 0.393 e. The first-order valence-electron chi connectivity index (χ1n) is 6.58. The molecule has 0 amide bonds. The van der Waals surface area contributed by atoms with Crippen molar-refractivity contribution in [2.24, 2.45) is 0 Å². The van der Waals surface area contributed by atoms with E-state index in [0.717, 1.165) is 25.5 Å². The summed E-state index contributed by atoms with van der Waals surface area (Å²) < 4.78 is 0. The van der Waals surface area contributed by atoms with E-state index in [-0.39, 0.29) is 6.42 Å². The Hall–Kier alpha value is -0.630. The van der Waals surface area contributed by atoms with Crippen molar-refractivity contribution in [3.8, 4) is 0 Å². The van der Waals surface area contributed by atoms with Gasteiger partial charge in [-0.1, -0.05) is 38.3 Å². The minimum atomic E-state index is -0.435. The van der Waals surface area contributed by atoms with E-state index in [4.69, 9.17) is 0 Å². The molecule has 0 radical (unpaired) electrons. The van der Waals surface area contributed by atoms with Gasteiger partial charge in [0.15, 0.2) is 0 Å². The van der Waals surface area contributed by atoms with Crippen molar-refractivity contribution >= 4 is 6.29 Å². The van der Waals surface area contributed by atoms with Gasteiger partial charge in [-0.05, 0) is 32.1 Å². The lowest BCUT2D eigenvalue weighted by atomic mass is 10.1. The van der Waals surface area contributed by atoms with Gasteiger partial charge >= 0.3 is 0 Å². The molecule has 0 aromatic heterocycles. The number of aldehydes is 1. The fourth-order valence-corrected chi connectivity index (χ4v) is 1.62. The van der Waals surface area contributed by atoms with Crippen LogP contribution in [0.4, 0.5) is 0 Å². The zero-order chi connectivity index (χ0) is 12.1. The number of rotatable bonds is 11. The molecule has 0 aromatic carbocycles. The zero-order valence-electron chi connectivity index (χ0n) is 10.5. The van der Waals surface area contributed by atoms with Crippen LogP contribution in [0.5, 0.6) is 0 Å². The molecule has 0 saturated heterocycles. The fraction of sp³-hybridized carbons (Fsp3) is 0.786. The smallest absolute Gasteiger partial charge is 0.122 e. The summed E-state index contributed by atoms with van der Waals surface area (Å²) in [7, 11) is 0. The third-order valence-electron chi connectivity index (χ3n) is 2.67. The minimum Gasteiger partial charge on any atom is -0.393 e. The molecule has 1 unspecified atom stereocenters. The lowest BCUT2D eigenvalue weighted by Gasteiger charge is -2.03. The van der Waals surface area contributed by atoms with Crippen LogP contribution in [0.3, 0.4) is 0 Å². The monoisotopic (exact) mass is 226 g/mol. The molecule has 94 valence electrons. The van der Waals surface area contributed by atoms with Crippen molar-refractivity contribution < 1.29 is 9.90 Å². The maximum atomic E-state index is 10.1. The van der Waals surface area contributed by atoms with Gasteiger partial charge in [-0.15, -0.1) is 0 Å². The molecule has 0 aliphatic carbocycles. The van der Waals surface area contributed by atoms with E-state index in [9.17, 15) is 9.90 Å². The lowest BCUT2D eigenvalue weighted by molar-refractivity contribution is -0.109. The summed E-state index contributed by atoms with van der Waals surface area (Å²) >= 11 is 0. The standard InChI is InChI=1S/C14H26O2/c1-2-3-4-5-6-7-8-9-10-11-14(16)12-13-15/h7-8,13-14,16H,2-6,9-12H2,1H3/b8-7-. The van der Waals surface area contributed by atoms with E-state index in [1.54, 1.807) is 0 Å². The molecule has 0 spiro atoms. The number of aliphatic hydroxyl groups is 1. The van der Waals surface area contributed by atoms with Crippen LogP contribution in [0.1, 0.15) is 64.7 Å². The molecule has 0 bridgehead atoms. The number of unbranched alkanes of at least 4 members (excludes halogenated alkanes) is 5. The Morgan fingerprint density at radius 3 is 2.38 bits per heavy atom. The molecule has 1 N–H and O–H groups in total. The Morgan fingerprint density at radius 1 is 1.06 bits per heavy atom. The summed E-state index contributed by atoms with van der Waals surface area (Å²) in [5.41, 5.74) is 0. The van der Waals surface area contributed by atoms with E-state index >= 15 is 0 Å². The number of carbonyl (C=O) groups excluding carboxylic acids is 1. The van der Waals surface area contributed by atoms with Gasteiger partial charge in [-0.25, -0.2) is 0 Å². The number of hydrogen-bond donors (Lipinski definition) is 1. The fourth-order valence-electron chi connectivity index (χ4n) is 1.62. The molecule has 0 aliphatic heterocycles. The molecule has 0 heterocycles. The van der Waals surface area contributed by atoms with Crippen molar-refractivity contribution in [1.82, 2.24) is 0 Å². The van der Waals surface area contributed by atoms with Gasteiger partial charge < -0.3 is 9.90 Å². The molecule has 0 fully saturated rings. The molecule has 2 heteroatoms. The third-order valence-corrected chi connectivity index (χ3v) is 2.67. The molecular formula is C14H26O2. The van der Waals surface area contributed by atoms with E-state index in [2.05, 4.69) is 19.1 Å². The molecule has 0 saturated carbocycles. The van der Waals surface area contributed by atoms with Crippen LogP contribution in [0, 0.1) is 0 Å². The SMILES string of the molecule is CCCCCC/C=C\CCCC(O)CC=O. The summed E-state index contributed by atoms with van der Waals surface area (Å²) in [5, 5.41) is 9.29. The highest BCUT2D eigenvalue weighted by atomic mass is 16.3. The quantitative estimate of drug-likeness (QED) is 0.332. The van der Waals surface area contributed by atoms with Crippen LogP contribution in [-0.2, 0) is 4.79 Å². The Balaban J connectivity index is 3.18. The van der Waals surface area contributed by atoms with E-state index < -0.39 is 6.10 Å². The van der Waals surface area contributed by atoms with Crippen molar-refractivity contribution in [2.75, 3.05) is 0 Å². The summed E-state index contributed by atoms with van der Waals surface area (Å²) in [6.45, 7) is 2.22. The first-order valence-corrected chi connectivity index (χ1v) is 6.58. The van der Waals surface area contributed by atoms with Crippen molar-refractivity contribution in [3.05, 3.63) is 12.2 Å². The first kappa shape index (κ1) is 15.4. The summed E-state index contributed by atoms with van der Waals surface area (Å²) in [6, 6.07) is 0. The molecule has 0 aliphatic rings. The van der Waals surface area contributed by atoms with Gasteiger partial charge in [0.2, 0.25) is 0 Å². The molecule has 0 aromatic rings. The average Bonchev–Trinajstić information content (AvgIpc) is 2.27. The van der Waals surface area contributed by atoms with Crippen LogP contribution >= 0.6 is 0 Å². The van der Waals surface area contributed by atoms with E-state index in [1.165, 1.54) is 32.1 Å². The zero-order valence-corrected chi connectivity index (χ0v) is 10.5. The Morgan fingerprint density at radius 2 is 1.75 bits per heavy atom. The van der Waals surface area contributed by atoms with Crippen molar-refractivity contribution in [2.45, 2.75) is 70.8 Å². The Labute approximate surface area is 99.7 Å². The average molecular weight is 226 g/mol. The van der Waals surface area contributed by atoms with Crippen LogP contribution in [0.25, 0.3) is 0 Å². The van der Waals surface area contributed by atoms with Gasteiger partial charge in [0, 0.05) is 6.42 Å². The summed E-state index contributed by atoms with van der Waals surface area (Å²) in [6.07, 6.45) is 14.2. The highest BCUT2D eigenvalue weighted by Crippen LogP contribution is 2.06. The van der Waals surface area contributed by atoms with Gasteiger partial charge in [0.05, 0.1) is 6.10 Å². The van der Waals surface area contributed by atoms with Crippen LogP contribution in [-0.4, -0.2) is 17.5 Å². The molecular weight excluding hydrogens is 200 g/mol. The number of allylic oxidation sites excluding steroid dienone is 2. The number of carbonyl (C=O) groups is 1. The summed E-state index contributed by atoms with van der Waals surface area (Å²) in [5.74, 6) is 0. The molecule has 16 heavy (non-hydrogen) atoms. The van der Waals surface area contributed by atoms with E-state index in [0.29, 0.717) is 0 Å². The molecule has 1 atom stereocenters. The second-order valence-corrected chi connectivity index (χ2v) is 4.31. The van der Waals surface area contributed by atoms with Crippen molar-refractivity contribution in [3.63, 3.8) is 0 Å². The first-order chi connectivity index (χ1) is 7.81. The second-order valence-electron chi connectivity index (χ2n) is 4.31. The highest BCUT2D eigenvalue weighted by molar-refractivity contribution is 5.49. The Bertz CT molecular complexity index is 176. The predicted molar refractivity (Wildman–Crippen MR) is 68.4 cm³/mol. The van der Waals surface area contributed by atoms with Gasteiger partial charge in [0.1, 0.15) is 6.29 Å². The van der Waals surface area contributed by atoms with E-state index in [1.807, 2.05) is 0 Å². The van der Waals surface area contributed by atoms with Gasteiger partial charge in [-0.3, -0.25) is 0 Å². The molecule has 0 rings (SSSR count). The van der Waals surface area contributed by atoms with Crippen molar-refractivity contribution in [1.29, 1.82) is 0 Å².